The van der Waals surface area contributed by atoms with Crippen LogP contribution in [0.5, 0.6) is 5.75 Å². The third kappa shape index (κ3) is 34.3. The number of carboxylic acid groups (broad SMARTS) is 3. The van der Waals surface area contributed by atoms with E-state index >= 15 is 19.2 Å². The van der Waals surface area contributed by atoms with E-state index in [4.69, 9.17) is 22.6 Å². The van der Waals surface area contributed by atoms with Crippen molar-refractivity contribution in [2.45, 2.75) is 242 Å². The molecule has 1 fully saturated rings. The first-order valence-corrected chi connectivity index (χ1v) is 43.7. The number of fused-ring (bicyclic) bond motifs is 1. The lowest BCUT2D eigenvalue weighted by atomic mass is 9.95. The number of H-pyrrole nitrogens is 2. The monoisotopic (exact) mass is 1850 g/mol. The second kappa shape index (κ2) is 53.5. The standard InChI is InChI=1S/C87H126N22O23/c1-8-47(6)71(107-82(127)70(46(4)5)106-84(129)72(48(7)111)108-80(125)65(43-110)105-81(126)66-24-17-33-109(66)85(130)64(38-52-42-92-44-95-52)104-79(124)63(39-69(116)117)102-74(119)57(29-30-68(114)115)96-67(113)40-89)83(128)103-59(34-45(2)3)75(120)99-60(35-49-18-10-9-11-19-49)76(121)100-61(36-50-25-27-53(112)28-26-50)77(122)101-62(37-51-41-94-55-21-13-12-20-54(51)55)78(123)97-56(22-14-15-31-88)73(118)98-58(86(131)132)23-16-32-93-87(90)91/h9-13,18-21,25-28,41-42,44-48,56-66,70-72,94,110-112H,8,14-17,22-24,29-40,43,88-89H2,1-7H3,(H,92,95)(H,96,113)(H,97,123)(H,98,118)(H,99,120)(H,100,121)(H,101,122)(H,102,119)(H,103,128)(H,104,124)(H,105,126)(H,106,129)(H,107,127)(H,108,125)(H,114,115)(H,116,117)(H,131,132)(H4,90,91,93)/t47-,48+,56-,57-,58-,59-,60-,61-,62-,63-,64-,65-,66-,70-,71-,72-/m0/s1. The number of carbonyl (C=O) groups excluding carboxylic acids is 14. The molecule has 1 aliphatic heterocycles. The number of imidazole rings is 1. The molecule has 0 saturated carbocycles. The number of nitrogens with two attached hydrogens (primary N) is 3. The normalized spacial score (nSPS) is 15.8. The minimum absolute atomic E-state index is 0.0213. The Morgan fingerprint density at radius 3 is 1.61 bits per heavy atom. The van der Waals surface area contributed by atoms with Crippen molar-refractivity contribution in [1.29, 1.82) is 5.41 Å². The van der Waals surface area contributed by atoms with Crippen LogP contribution in [0.15, 0.2) is 97.6 Å². The Morgan fingerprint density at radius 2 is 1.05 bits per heavy atom. The Bertz CT molecular complexity index is 4770. The fourth-order valence-corrected chi connectivity index (χ4v) is 14.6. The van der Waals surface area contributed by atoms with E-state index in [-0.39, 0.29) is 107 Å². The molecule has 3 aromatic carbocycles. The highest BCUT2D eigenvalue weighted by Gasteiger charge is 2.44. The van der Waals surface area contributed by atoms with E-state index < -0.39 is 242 Å². The van der Waals surface area contributed by atoms with Crippen molar-refractivity contribution in [3.05, 3.63) is 120 Å². The summed E-state index contributed by atoms with van der Waals surface area (Å²) in [5.41, 5.74) is 18.9. The zero-order chi connectivity index (χ0) is 97.6. The Morgan fingerprint density at radius 1 is 0.530 bits per heavy atom. The number of phenols is 1. The Labute approximate surface area is 761 Å². The molecule has 29 N–H and O–H groups in total. The smallest absolute Gasteiger partial charge is 0.326 e. The van der Waals surface area contributed by atoms with Crippen LogP contribution in [0.3, 0.4) is 0 Å². The van der Waals surface area contributed by atoms with Gasteiger partial charge in [-0.3, -0.25) is 82.1 Å². The zero-order valence-corrected chi connectivity index (χ0v) is 74.7. The lowest BCUT2D eigenvalue weighted by Crippen LogP contribution is -2.63. The Balaban J connectivity index is 1.20. The molecule has 722 valence electrons. The van der Waals surface area contributed by atoms with E-state index in [1.807, 2.05) is 0 Å². The van der Waals surface area contributed by atoms with Crippen molar-refractivity contribution >= 4 is 117 Å². The van der Waals surface area contributed by atoms with Crippen LogP contribution in [-0.4, -0.2) is 281 Å². The molecule has 0 aliphatic carbocycles. The topological polar surface area (TPSA) is 730 Å². The quantitative estimate of drug-likeness (QED) is 0.0100. The molecule has 45 nitrogen and oxygen atoms in total. The predicted molar refractivity (Wildman–Crippen MR) is 476 cm³/mol. The maximum atomic E-state index is 15.3. The van der Waals surface area contributed by atoms with Crippen LogP contribution in [0.2, 0.25) is 0 Å². The summed E-state index contributed by atoms with van der Waals surface area (Å²) in [6.07, 6.45) is 0.118. The number of aromatic hydroxyl groups is 1. The average Bonchev–Trinajstić information content (AvgIpc) is 1.65. The molecule has 2 aromatic heterocycles. The predicted octanol–water partition coefficient (Wildman–Crippen LogP) is -3.94. The van der Waals surface area contributed by atoms with Gasteiger partial charge in [0.15, 0.2) is 5.96 Å². The van der Waals surface area contributed by atoms with Crippen molar-refractivity contribution < 1.29 is 112 Å². The number of unbranched alkanes of at least 4 members (excludes halogenated alkanes) is 1. The molecule has 0 unspecified atom stereocenters. The van der Waals surface area contributed by atoms with Crippen molar-refractivity contribution in [2.24, 2.45) is 35.0 Å². The first-order chi connectivity index (χ1) is 62.6. The van der Waals surface area contributed by atoms with E-state index in [1.165, 1.54) is 50.6 Å². The number of nitrogens with zero attached hydrogens (tertiary/aromatic N) is 2. The third-order valence-corrected chi connectivity index (χ3v) is 22.0. The van der Waals surface area contributed by atoms with Crippen LogP contribution in [0.25, 0.3) is 10.9 Å². The minimum Gasteiger partial charge on any atom is -0.508 e. The summed E-state index contributed by atoms with van der Waals surface area (Å²) < 4.78 is 0. The molecule has 6 rings (SSSR count). The van der Waals surface area contributed by atoms with Crippen molar-refractivity contribution in [3.63, 3.8) is 0 Å². The fraction of sp³-hybridized carbons (Fsp3) is 0.529. The highest BCUT2D eigenvalue weighted by molar-refractivity contribution is 6.02. The number of aliphatic hydroxyl groups excluding tert-OH is 2. The van der Waals surface area contributed by atoms with Gasteiger partial charge in [-0.15, -0.1) is 0 Å². The number of hydrogen-bond donors (Lipinski definition) is 26. The number of amides is 14. The second-order valence-electron chi connectivity index (χ2n) is 33.2. The van der Waals surface area contributed by atoms with Crippen LogP contribution in [0.1, 0.15) is 148 Å². The lowest BCUT2D eigenvalue weighted by molar-refractivity contribution is -0.144. The summed E-state index contributed by atoms with van der Waals surface area (Å²) in [6, 6.07) is -1.20. The number of hydrogen-bond acceptors (Lipinski definition) is 24. The number of carboxylic acids is 3. The van der Waals surface area contributed by atoms with Crippen molar-refractivity contribution in [1.82, 2.24) is 94.3 Å². The van der Waals surface area contributed by atoms with Gasteiger partial charge >= 0.3 is 17.9 Å². The average molecular weight is 1850 g/mol. The van der Waals surface area contributed by atoms with Gasteiger partial charge in [-0.1, -0.05) is 109 Å². The van der Waals surface area contributed by atoms with E-state index in [0.717, 1.165) is 11.8 Å². The number of carbonyl (C=O) groups is 17. The highest BCUT2D eigenvalue weighted by atomic mass is 16.4. The van der Waals surface area contributed by atoms with Gasteiger partial charge < -0.3 is 137 Å². The summed E-state index contributed by atoms with van der Waals surface area (Å²) in [5.74, 6) is -20.8. The Kier molecular flexibility index (Phi) is 43.4. The molecule has 0 spiro atoms. The first-order valence-electron chi connectivity index (χ1n) is 43.7. The van der Waals surface area contributed by atoms with Crippen LogP contribution in [-0.2, 0) is 107 Å². The second-order valence-corrected chi connectivity index (χ2v) is 33.2. The van der Waals surface area contributed by atoms with Crippen LogP contribution < -0.4 is 91.6 Å². The summed E-state index contributed by atoms with van der Waals surface area (Å²) in [7, 11) is 0. The first kappa shape index (κ1) is 107. The molecule has 16 atom stereocenters. The van der Waals surface area contributed by atoms with Gasteiger partial charge in [-0.2, -0.15) is 0 Å². The van der Waals surface area contributed by atoms with Crippen molar-refractivity contribution in [2.75, 3.05) is 32.8 Å². The molecular weight excluding hydrogens is 1720 g/mol. The van der Waals surface area contributed by atoms with E-state index in [1.54, 1.807) is 88.5 Å². The molecule has 0 bridgehead atoms. The molecule has 1 saturated heterocycles. The molecular formula is C87H126N22O23. The van der Waals surface area contributed by atoms with Crippen molar-refractivity contribution in [3.8, 4) is 5.75 Å². The molecule has 1 aliphatic rings. The van der Waals surface area contributed by atoms with E-state index in [0.29, 0.717) is 40.4 Å². The van der Waals surface area contributed by atoms with Gasteiger partial charge in [-0.25, -0.2) is 9.78 Å². The number of rotatable bonds is 56. The molecule has 3 heterocycles. The van der Waals surface area contributed by atoms with Gasteiger partial charge in [0, 0.05) is 68.5 Å². The number of guanidine groups is 1. The van der Waals surface area contributed by atoms with Gasteiger partial charge in [-0.05, 0) is 124 Å². The van der Waals surface area contributed by atoms with Gasteiger partial charge in [0.2, 0.25) is 82.7 Å². The maximum Gasteiger partial charge on any atom is 0.326 e. The van der Waals surface area contributed by atoms with E-state index in [9.17, 15) is 93.0 Å². The highest BCUT2D eigenvalue weighted by Crippen LogP contribution is 2.24. The number of phenolic OH excluding ortho intramolecular Hbond substituents is 1. The summed E-state index contributed by atoms with van der Waals surface area (Å²) in [4.78, 5) is 249. The number of nitrogens with one attached hydrogen (secondary N) is 17. The molecule has 14 amide bonds. The van der Waals surface area contributed by atoms with Crippen LogP contribution in [0, 0.1) is 23.2 Å². The largest absolute Gasteiger partial charge is 0.508 e. The number of aliphatic carboxylic acids is 3. The third-order valence-electron chi connectivity index (χ3n) is 22.0. The summed E-state index contributed by atoms with van der Waals surface area (Å²) in [6.45, 7) is 9.42. The number of aromatic amines is 2. The number of para-hydroxylation sites is 1. The lowest BCUT2D eigenvalue weighted by Gasteiger charge is -2.31. The summed E-state index contributed by atoms with van der Waals surface area (Å²) in [5, 5.41) is 105. The fourth-order valence-electron chi connectivity index (χ4n) is 14.6. The Hall–Kier alpha value is -13.7. The van der Waals surface area contributed by atoms with E-state index in [2.05, 4.69) is 89.4 Å². The summed E-state index contributed by atoms with van der Waals surface area (Å²) >= 11 is 0. The van der Waals surface area contributed by atoms with Gasteiger partial charge in [0.1, 0.15) is 90.3 Å². The molecule has 0 radical (unpaired) electrons. The van der Waals surface area contributed by atoms with Crippen LogP contribution in [0.4, 0.5) is 0 Å². The number of likely N-dealkylation sites (tertiary alicyclic amines) is 1. The molecule has 5 aromatic rings. The number of aliphatic hydroxyl groups is 2. The SMILES string of the molecule is CC[C@H](C)[C@H](NC(=O)[C@@H](NC(=O)[C@@H](NC(=O)[C@H](CO)NC(=O)[C@@H]1CCCN1C(=O)[C@H](Cc1c[nH]cn1)NC(=O)[C@H](CC(=O)O)NC(=O)[C@H](CCC(=O)O)NC(=O)CN)[C@@H](C)O)C(C)C)C(=O)N[C@@H](CC(C)C)C(=O)N[C@@H](Cc1ccccc1)C(=O)N[C@@H](Cc1ccc(O)cc1)C(=O)N[C@@H](Cc1c[nH]c2ccccc12)C(=O)N[C@@H](CCCCN)C(=O)N[C@@H](CCCNC(=N)N)C(=O)O. The number of aromatic nitrogens is 3. The van der Waals surface area contributed by atoms with Gasteiger partial charge in [0.05, 0.1) is 37.7 Å². The number of benzene rings is 3. The zero-order valence-electron chi connectivity index (χ0n) is 74.7. The van der Waals surface area contributed by atoms with Crippen LogP contribution >= 0.6 is 0 Å². The minimum atomic E-state index is -1.95. The maximum absolute atomic E-state index is 15.3. The molecule has 132 heavy (non-hydrogen) atoms. The molecule has 45 heteroatoms. The van der Waals surface area contributed by atoms with Gasteiger partial charge in [0.25, 0.3) is 0 Å².